The van der Waals surface area contributed by atoms with Gasteiger partial charge >= 0.3 is 5.97 Å². The van der Waals surface area contributed by atoms with Crippen LogP contribution in [0.3, 0.4) is 0 Å². The van der Waals surface area contributed by atoms with Gasteiger partial charge in [-0.2, -0.15) is 0 Å². The topological polar surface area (TPSA) is 64.6 Å². The first-order valence-corrected chi connectivity index (χ1v) is 9.90. The van der Waals surface area contributed by atoms with E-state index in [1.807, 2.05) is 91.0 Å². The highest BCUT2D eigenvalue weighted by atomic mass is 16.6. The van der Waals surface area contributed by atoms with Gasteiger partial charge in [0.1, 0.15) is 5.75 Å². The van der Waals surface area contributed by atoms with Gasteiger partial charge in [-0.15, -0.1) is 0 Å². The molecule has 31 heavy (non-hydrogen) atoms. The zero-order valence-corrected chi connectivity index (χ0v) is 16.8. The van der Waals surface area contributed by atoms with E-state index in [4.69, 9.17) is 9.47 Å². The number of carbonyl (C=O) groups is 2. The van der Waals surface area contributed by atoms with Gasteiger partial charge in [0, 0.05) is 11.3 Å². The third-order valence-corrected chi connectivity index (χ3v) is 4.73. The minimum Gasteiger partial charge on any atom is -0.482 e. The number of rotatable bonds is 7. The molecule has 0 aromatic heterocycles. The molecule has 0 unspecified atom stereocenters. The van der Waals surface area contributed by atoms with Crippen molar-refractivity contribution in [1.29, 1.82) is 0 Å². The Bertz CT molecular complexity index is 1200. The summed E-state index contributed by atoms with van der Waals surface area (Å²) < 4.78 is 10.6. The predicted molar refractivity (Wildman–Crippen MR) is 121 cm³/mol. The Morgan fingerprint density at radius 3 is 2.26 bits per heavy atom. The summed E-state index contributed by atoms with van der Waals surface area (Å²) in [5.41, 5.74) is 2.53. The van der Waals surface area contributed by atoms with E-state index in [1.165, 1.54) is 0 Å². The zero-order valence-electron chi connectivity index (χ0n) is 16.8. The third kappa shape index (κ3) is 5.28. The summed E-state index contributed by atoms with van der Waals surface area (Å²) in [6, 6.07) is 30.7. The number of para-hydroxylation sites is 1. The van der Waals surface area contributed by atoms with Gasteiger partial charge in [-0.25, -0.2) is 4.79 Å². The molecule has 0 fully saturated rings. The number of hydrogen-bond acceptors (Lipinski definition) is 4. The van der Waals surface area contributed by atoms with Crippen molar-refractivity contribution in [3.05, 3.63) is 97.1 Å². The fourth-order valence-corrected chi connectivity index (χ4v) is 3.24. The summed E-state index contributed by atoms with van der Waals surface area (Å²) in [5, 5.41) is 4.91. The molecule has 4 aromatic carbocycles. The molecule has 0 radical (unpaired) electrons. The Hall–Kier alpha value is -4.12. The first-order chi connectivity index (χ1) is 15.2. The molecular weight excluding hydrogens is 390 g/mol. The van der Waals surface area contributed by atoms with Gasteiger partial charge in [0.25, 0.3) is 5.91 Å². The second-order valence-corrected chi connectivity index (χ2v) is 6.92. The van der Waals surface area contributed by atoms with Crippen molar-refractivity contribution >= 4 is 28.3 Å². The standard InChI is InChI=1S/C26H21NO4/c28-25(27-24-13-7-6-12-23(24)20-9-2-1-3-10-20)17-31-26(29)18-30-22-15-14-19-8-4-5-11-21(19)16-22/h1-16H,17-18H2,(H,27,28). The molecule has 0 saturated carbocycles. The molecule has 4 aromatic rings. The molecule has 0 aliphatic heterocycles. The lowest BCUT2D eigenvalue weighted by Gasteiger charge is -2.12. The van der Waals surface area contributed by atoms with Crippen molar-refractivity contribution in [3.8, 4) is 16.9 Å². The number of benzene rings is 4. The average molecular weight is 411 g/mol. The van der Waals surface area contributed by atoms with Gasteiger partial charge in [0.15, 0.2) is 13.2 Å². The summed E-state index contributed by atoms with van der Waals surface area (Å²) in [4.78, 5) is 24.3. The highest BCUT2D eigenvalue weighted by molar-refractivity contribution is 5.97. The highest BCUT2D eigenvalue weighted by Crippen LogP contribution is 2.27. The summed E-state index contributed by atoms with van der Waals surface area (Å²) in [5.74, 6) is -0.459. The van der Waals surface area contributed by atoms with E-state index >= 15 is 0 Å². The van der Waals surface area contributed by atoms with Crippen LogP contribution in [0.1, 0.15) is 0 Å². The normalized spacial score (nSPS) is 10.5. The van der Waals surface area contributed by atoms with Gasteiger partial charge in [0.2, 0.25) is 0 Å². The molecule has 0 spiro atoms. The van der Waals surface area contributed by atoms with Crippen LogP contribution in [0.4, 0.5) is 5.69 Å². The molecule has 1 N–H and O–H groups in total. The molecule has 5 nitrogen and oxygen atoms in total. The Kier molecular flexibility index (Phi) is 6.24. The number of esters is 1. The van der Waals surface area contributed by atoms with E-state index in [2.05, 4.69) is 5.32 Å². The first-order valence-electron chi connectivity index (χ1n) is 9.90. The minimum atomic E-state index is -0.611. The number of fused-ring (bicyclic) bond motifs is 1. The smallest absolute Gasteiger partial charge is 0.344 e. The van der Waals surface area contributed by atoms with Crippen LogP contribution >= 0.6 is 0 Å². The van der Waals surface area contributed by atoms with Gasteiger partial charge < -0.3 is 14.8 Å². The van der Waals surface area contributed by atoms with Gasteiger partial charge in [0.05, 0.1) is 0 Å². The van der Waals surface area contributed by atoms with Crippen LogP contribution in [0.15, 0.2) is 97.1 Å². The lowest BCUT2D eigenvalue weighted by molar-refractivity contribution is -0.149. The predicted octanol–water partition coefficient (Wildman–Crippen LogP) is 5.07. The molecule has 154 valence electrons. The quantitative estimate of drug-likeness (QED) is 0.432. The van der Waals surface area contributed by atoms with Gasteiger partial charge in [-0.1, -0.05) is 78.9 Å². The van der Waals surface area contributed by atoms with Crippen LogP contribution in [0.2, 0.25) is 0 Å². The van der Waals surface area contributed by atoms with Crippen LogP contribution in [0.25, 0.3) is 21.9 Å². The first kappa shape index (κ1) is 20.2. The summed E-state index contributed by atoms with van der Waals surface area (Å²) in [7, 11) is 0. The molecule has 0 aliphatic carbocycles. The third-order valence-electron chi connectivity index (χ3n) is 4.73. The highest BCUT2D eigenvalue weighted by Gasteiger charge is 2.11. The molecule has 1 amide bonds. The molecule has 0 aliphatic rings. The summed E-state index contributed by atoms with van der Waals surface area (Å²) in [6.07, 6.45) is 0. The largest absolute Gasteiger partial charge is 0.482 e. The Labute approximate surface area is 180 Å². The Balaban J connectivity index is 1.29. The SMILES string of the molecule is O=C(COC(=O)COc1ccc2ccccc2c1)Nc1ccccc1-c1ccccc1. The molecule has 0 heterocycles. The van der Waals surface area contributed by atoms with Crippen LogP contribution in [0.5, 0.6) is 5.75 Å². The molecule has 0 saturated heterocycles. The molecule has 5 heteroatoms. The van der Waals surface area contributed by atoms with Crippen molar-refractivity contribution in [1.82, 2.24) is 0 Å². The maximum atomic E-state index is 12.3. The fourth-order valence-electron chi connectivity index (χ4n) is 3.24. The van der Waals surface area contributed by atoms with Crippen molar-refractivity contribution < 1.29 is 19.1 Å². The van der Waals surface area contributed by atoms with Crippen molar-refractivity contribution in [2.75, 3.05) is 18.5 Å². The Morgan fingerprint density at radius 2 is 1.42 bits per heavy atom. The second kappa shape index (κ2) is 9.59. The Morgan fingerprint density at radius 1 is 0.710 bits per heavy atom. The van der Waals surface area contributed by atoms with Gasteiger partial charge in [-0.05, 0) is 34.5 Å². The molecule has 4 rings (SSSR count). The van der Waals surface area contributed by atoms with Gasteiger partial charge in [-0.3, -0.25) is 4.79 Å². The van der Waals surface area contributed by atoms with E-state index in [0.717, 1.165) is 21.9 Å². The second-order valence-electron chi connectivity index (χ2n) is 6.92. The number of nitrogens with one attached hydrogen (secondary N) is 1. The van der Waals surface area contributed by atoms with Crippen LogP contribution in [0, 0.1) is 0 Å². The molecule has 0 atom stereocenters. The van der Waals surface area contributed by atoms with Crippen LogP contribution in [-0.4, -0.2) is 25.1 Å². The van der Waals surface area contributed by atoms with Crippen molar-refractivity contribution in [2.45, 2.75) is 0 Å². The minimum absolute atomic E-state index is 0.272. The summed E-state index contributed by atoms with van der Waals surface area (Å²) in [6.45, 7) is -0.657. The number of anilines is 1. The monoisotopic (exact) mass is 411 g/mol. The van der Waals surface area contributed by atoms with Crippen LogP contribution < -0.4 is 10.1 Å². The van der Waals surface area contributed by atoms with Crippen molar-refractivity contribution in [3.63, 3.8) is 0 Å². The van der Waals surface area contributed by atoms with E-state index < -0.39 is 11.9 Å². The van der Waals surface area contributed by atoms with E-state index in [9.17, 15) is 9.59 Å². The van der Waals surface area contributed by atoms with E-state index in [-0.39, 0.29) is 13.2 Å². The number of amides is 1. The number of ether oxygens (including phenoxy) is 2. The number of hydrogen-bond donors (Lipinski definition) is 1. The fraction of sp³-hybridized carbons (Fsp3) is 0.0769. The zero-order chi connectivity index (χ0) is 21.5. The average Bonchev–Trinajstić information content (AvgIpc) is 2.82. The maximum absolute atomic E-state index is 12.3. The molecular formula is C26H21NO4. The lowest BCUT2D eigenvalue weighted by Crippen LogP contribution is -2.23. The summed E-state index contributed by atoms with van der Waals surface area (Å²) >= 11 is 0. The number of carbonyl (C=O) groups excluding carboxylic acids is 2. The lowest BCUT2D eigenvalue weighted by atomic mass is 10.0. The maximum Gasteiger partial charge on any atom is 0.344 e. The molecule has 0 bridgehead atoms. The van der Waals surface area contributed by atoms with E-state index in [0.29, 0.717) is 11.4 Å². The van der Waals surface area contributed by atoms with Crippen LogP contribution in [-0.2, 0) is 14.3 Å². The van der Waals surface area contributed by atoms with E-state index in [1.54, 1.807) is 6.07 Å². The van der Waals surface area contributed by atoms with Crippen molar-refractivity contribution in [2.24, 2.45) is 0 Å².